The molecule has 86 valence electrons. The molecule has 0 aliphatic carbocycles. The Balaban J connectivity index is 2.32. The second-order valence-corrected chi connectivity index (χ2v) is 4.13. The number of phenolic OH excluding ortho intramolecular Hbond substituents is 1. The van der Waals surface area contributed by atoms with E-state index in [0.29, 0.717) is 21.4 Å². The lowest BCUT2D eigenvalue weighted by atomic mass is 10.3. The van der Waals surface area contributed by atoms with E-state index in [0.717, 1.165) is 0 Å². The van der Waals surface area contributed by atoms with Crippen LogP contribution in [0.4, 0.5) is 11.4 Å². The SMILES string of the molecule is Oc1ccc(Cl)cc1N=Nc1ccccc1Cl. The Morgan fingerprint density at radius 3 is 2.35 bits per heavy atom. The topological polar surface area (TPSA) is 45.0 Å². The van der Waals surface area contributed by atoms with Crippen molar-refractivity contribution in [1.29, 1.82) is 0 Å². The summed E-state index contributed by atoms with van der Waals surface area (Å²) in [6.45, 7) is 0. The molecule has 0 radical (unpaired) electrons. The van der Waals surface area contributed by atoms with E-state index >= 15 is 0 Å². The molecular formula is C12H8Cl2N2O. The van der Waals surface area contributed by atoms with Crippen LogP contribution in [0.2, 0.25) is 10.0 Å². The number of aromatic hydroxyl groups is 1. The fraction of sp³-hybridized carbons (Fsp3) is 0. The minimum Gasteiger partial charge on any atom is -0.506 e. The highest BCUT2D eigenvalue weighted by molar-refractivity contribution is 6.33. The van der Waals surface area contributed by atoms with E-state index in [9.17, 15) is 5.11 Å². The highest BCUT2D eigenvalue weighted by Crippen LogP contribution is 2.32. The van der Waals surface area contributed by atoms with E-state index in [4.69, 9.17) is 23.2 Å². The molecule has 0 amide bonds. The van der Waals surface area contributed by atoms with Crippen LogP contribution in [0.15, 0.2) is 52.7 Å². The number of hydrogen-bond donors (Lipinski definition) is 1. The van der Waals surface area contributed by atoms with Crippen LogP contribution in [0.1, 0.15) is 0 Å². The van der Waals surface area contributed by atoms with Gasteiger partial charge in [-0.3, -0.25) is 0 Å². The molecule has 0 aromatic heterocycles. The summed E-state index contributed by atoms with van der Waals surface area (Å²) < 4.78 is 0. The molecule has 0 aliphatic heterocycles. The van der Waals surface area contributed by atoms with Crippen molar-refractivity contribution >= 4 is 34.6 Å². The number of hydrogen-bond acceptors (Lipinski definition) is 3. The molecule has 2 rings (SSSR count). The molecule has 1 N–H and O–H groups in total. The fourth-order valence-corrected chi connectivity index (χ4v) is 1.56. The lowest BCUT2D eigenvalue weighted by Crippen LogP contribution is -1.69. The summed E-state index contributed by atoms with van der Waals surface area (Å²) in [7, 11) is 0. The second kappa shape index (κ2) is 5.17. The summed E-state index contributed by atoms with van der Waals surface area (Å²) in [5.41, 5.74) is 0.839. The minimum absolute atomic E-state index is 0.0187. The van der Waals surface area contributed by atoms with Crippen molar-refractivity contribution in [2.24, 2.45) is 10.2 Å². The molecule has 2 aromatic carbocycles. The van der Waals surface area contributed by atoms with Gasteiger partial charge in [0.15, 0.2) is 0 Å². The van der Waals surface area contributed by atoms with Gasteiger partial charge in [-0.1, -0.05) is 35.3 Å². The standard InChI is InChI=1S/C12H8Cl2N2O/c13-8-5-6-12(17)11(7-8)16-15-10-4-2-1-3-9(10)14/h1-7,17H. The monoisotopic (exact) mass is 266 g/mol. The predicted octanol–water partition coefficient (Wildman–Crippen LogP) is 5.11. The first-order valence-electron chi connectivity index (χ1n) is 4.81. The van der Waals surface area contributed by atoms with E-state index in [1.54, 1.807) is 30.3 Å². The maximum absolute atomic E-state index is 9.54. The van der Waals surface area contributed by atoms with Crippen LogP contribution in [0.3, 0.4) is 0 Å². The van der Waals surface area contributed by atoms with E-state index in [1.165, 1.54) is 12.1 Å². The molecular weight excluding hydrogens is 259 g/mol. The molecule has 0 aliphatic rings. The average Bonchev–Trinajstić information content (AvgIpc) is 2.32. The Kier molecular flexibility index (Phi) is 3.61. The van der Waals surface area contributed by atoms with Crippen LogP contribution in [-0.2, 0) is 0 Å². The first-order valence-corrected chi connectivity index (χ1v) is 5.57. The molecule has 0 unspecified atom stereocenters. The third-order valence-corrected chi connectivity index (χ3v) is 2.61. The van der Waals surface area contributed by atoms with E-state index in [1.807, 2.05) is 0 Å². The van der Waals surface area contributed by atoms with Crippen LogP contribution in [-0.4, -0.2) is 5.11 Å². The quantitative estimate of drug-likeness (QED) is 0.754. The van der Waals surface area contributed by atoms with E-state index < -0.39 is 0 Å². The first-order chi connectivity index (χ1) is 8.16. The lowest BCUT2D eigenvalue weighted by Gasteiger charge is -1.98. The van der Waals surface area contributed by atoms with Gasteiger partial charge in [-0.15, -0.1) is 10.2 Å². The zero-order valence-corrected chi connectivity index (χ0v) is 10.2. The summed E-state index contributed by atoms with van der Waals surface area (Å²) in [5, 5.41) is 18.4. The van der Waals surface area contributed by atoms with Crippen molar-refractivity contribution in [2.45, 2.75) is 0 Å². The normalized spacial score (nSPS) is 10.9. The Morgan fingerprint density at radius 2 is 1.59 bits per heavy atom. The Bertz CT molecular complexity index is 570. The van der Waals surface area contributed by atoms with Crippen molar-refractivity contribution in [1.82, 2.24) is 0 Å². The number of nitrogens with zero attached hydrogens (tertiary/aromatic N) is 2. The molecule has 0 heterocycles. The number of rotatable bonds is 2. The number of azo groups is 1. The van der Waals surface area contributed by atoms with Gasteiger partial charge in [-0.2, -0.15) is 0 Å². The van der Waals surface area contributed by atoms with Crippen molar-refractivity contribution in [3.8, 4) is 5.75 Å². The van der Waals surface area contributed by atoms with Crippen LogP contribution >= 0.6 is 23.2 Å². The number of benzene rings is 2. The van der Waals surface area contributed by atoms with Gasteiger partial charge in [0.25, 0.3) is 0 Å². The van der Waals surface area contributed by atoms with Crippen molar-refractivity contribution in [3.63, 3.8) is 0 Å². The van der Waals surface area contributed by atoms with Gasteiger partial charge in [0.2, 0.25) is 0 Å². The van der Waals surface area contributed by atoms with Gasteiger partial charge >= 0.3 is 0 Å². The summed E-state index contributed by atoms with van der Waals surface area (Å²) in [6, 6.07) is 11.6. The first kappa shape index (κ1) is 11.9. The van der Waals surface area contributed by atoms with Crippen molar-refractivity contribution in [3.05, 3.63) is 52.5 Å². The zero-order chi connectivity index (χ0) is 12.3. The molecule has 0 spiro atoms. The smallest absolute Gasteiger partial charge is 0.143 e. The molecule has 0 saturated heterocycles. The summed E-state index contributed by atoms with van der Waals surface area (Å²) in [6.07, 6.45) is 0. The second-order valence-electron chi connectivity index (χ2n) is 3.28. The zero-order valence-electron chi connectivity index (χ0n) is 8.64. The summed E-state index contributed by atoms with van der Waals surface area (Å²) >= 11 is 11.7. The van der Waals surface area contributed by atoms with Gasteiger partial charge in [0.05, 0.1) is 5.02 Å². The number of phenols is 1. The Morgan fingerprint density at radius 1 is 0.882 bits per heavy atom. The van der Waals surface area contributed by atoms with Crippen LogP contribution < -0.4 is 0 Å². The summed E-state index contributed by atoms with van der Waals surface area (Å²) in [4.78, 5) is 0. The maximum Gasteiger partial charge on any atom is 0.143 e. The predicted molar refractivity (Wildman–Crippen MR) is 68.7 cm³/mol. The third-order valence-electron chi connectivity index (χ3n) is 2.06. The maximum atomic E-state index is 9.54. The fourth-order valence-electron chi connectivity index (χ4n) is 1.22. The molecule has 3 nitrogen and oxygen atoms in total. The molecule has 0 saturated carbocycles. The molecule has 17 heavy (non-hydrogen) atoms. The lowest BCUT2D eigenvalue weighted by molar-refractivity contribution is 0.476. The van der Waals surface area contributed by atoms with E-state index in [-0.39, 0.29) is 5.75 Å². The van der Waals surface area contributed by atoms with Crippen LogP contribution in [0, 0.1) is 0 Å². The number of halogens is 2. The van der Waals surface area contributed by atoms with E-state index in [2.05, 4.69) is 10.2 Å². The molecule has 0 bridgehead atoms. The molecule has 5 heteroatoms. The average molecular weight is 267 g/mol. The highest BCUT2D eigenvalue weighted by Gasteiger charge is 2.01. The molecule has 0 atom stereocenters. The van der Waals surface area contributed by atoms with Gasteiger partial charge in [-0.25, -0.2) is 0 Å². The summed E-state index contributed by atoms with van der Waals surface area (Å²) in [5.74, 6) is 0.0187. The van der Waals surface area contributed by atoms with Crippen LogP contribution in [0.25, 0.3) is 0 Å². The van der Waals surface area contributed by atoms with Crippen LogP contribution in [0.5, 0.6) is 5.75 Å². The largest absolute Gasteiger partial charge is 0.506 e. The van der Waals surface area contributed by atoms with Crippen molar-refractivity contribution < 1.29 is 5.11 Å². The van der Waals surface area contributed by atoms with Gasteiger partial charge in [-0.05, 0) is 30.3 Å². The van der Waals surface area contributed by atoms with Gasteiger partial charge in [0.1, 0.15) is 17.1 Å². The minimum atomic E-state index is 0.0187. The Hall–Kier alpha value is -1.58. The highest BCUT2D eigenvalue weighted by atomic mass is 35.5. The Labute approximate surface area is 108 Å². The third kappa shape index (κ3) is 2.96. The molecule has 0 fully saturated rings. The van der Waals surface area contributed by atoms with Crippen molar-refractivity contribution in [2.75, 3.05) is 0 Å². The molecule has 2 aromatic rings. The van der Waals surface area contributed by atoms with Gasteiger partial charge < -0.3 is 5.11 Å². The van der Waals surface area contributed by atoms with Gasteiger partial charge in [0, 0.05) is 5.02 Å².